The third kappa shape index (κ3) is 1.81. The van der Waals surface area contributed by atoms with Crippen LogP contribution in [0, 0.1) is 11.8 Å². The van der Waals surface area contributed by atoms with Gasteiger partial charge in [0.1, 0.15) is 11.6 Å². The van der Waals surface area contributed by atoms with Crippen LogP contribution in [0.15, 0.2) is 12.2 Å². The molecule has 1 atom stereocenters. The van der Waals surface area contributed by atoms with E-state index in [1.165, 1.54) is 13.8 Å². The second kappa shape index (κ2) is 3.65. The Kier molecular flexibility index (Phi) is 2.79. The van der Waals surface area contributed by atoms with Gasteiger partial charge in [0.05, 0.1) is 5.92 Å². The van der Waals surface area contributed by atoms with Crippen molar-refractivity contribution in [2.45, 2.75) is 26.7 Å². The lowest BCUT2D eigenvalue weighted by atomic mass is 9.86. The van der Waals surface area contributed by atoms with E-state index in [4.69, 9.17) is 0 Å². The molecule has 12 heavy (non-hydrogen) atoms. The molecule has 0 aromatic rings. The summed E-state index contributed by atoms with van der Waals surface area (Å²) in [5.74, 6) is -0.221. The van der Waals surface area contributed by atoms with E-state index in [-0.39, 0.29) is 23.4 Å². The third-order valence-electron chi connectivity index (χ3n) is 2.35. The molecule has 2 heteroatoms. The first-order valence-corrected chi connectivity index (χ1v) is 4.30. The highest BCUT2D eigenvalue weighted by molar-refractivity contribution is 6.00. The first-order valence-electron chi connectivity index (χ1n) is 4.30. The van der Waals surface area contributed by atoms with Crippen molar-refractivity contribution in [2.24, 2.45) is 11.8 Å². The molecule has 0 fully saturated rings. The lowest BCUT2D eigenvalue weighted by molar-refractivity contribution is -0.131. The van der Waals surface area contributed by atoms with Crippen LogP contribution >= 0.6 is 0 Å². The molecule has 1 rings (SSSR count). The number of hydrogen-bond donors (Lipinski definition) is 0. The van der Waals surface area contributed by atoms with Crippen molar-refractivity contribution in [3.8, 4) is 0 Å². The van der Waals surface area contributed by atoms with Crippen LogP contribution in [0.3, 0.4) is 0 Å². The first kappa shape index (κ1) is 9.17. The van der Waals surface area contributed by atoms with Crippen molar-refractivity contribution >= 4 is 11.6 Å². The van der Waals surface area contributed by atoms with Gasteiger partial charge in [-0.25, -0.2) is 0 Å². The predicted molar refractivity (Wildman–Crippen MR) is 46.7 cm³/mol. The van der Waals surface area contributed by atoms with Crippen LogP contribution in [-0.4, -0.2) is 11.6 Å². The van der Waals surface area contributed by atoms with Crippen molar-refractivity contribution in [3.63, 3.8) is 0 Å². The summed E-state index contributed by atoms with van der Waals surface area (Å²) >= 11 is 0. The molecule has 0 radical (unpaired) electrons. The molecule has 1 aliphatic rings. The zero-order valence-corrected chi connectivity index (χ0v) is 7.54. The van der Waals surface area contributed by atoms with Gasteiger partial charge in [-0.15, -0.1) is 0 Å². The van der Waals surface area contributed by atoms with Gasteiger partial charge in [-0.3, -0.25) is 9.59 Å². The van der Waals surface area contributed by atoms with Gasteiger partial charge in [0.25, 0.3) is 0 Å². The Bertz CT molecular complexity index is 214. The summed E-state index contributed by atoms with van der Waals surface area (Å²) in [4.78, 5) is 22.2. The summed E-state index contributed by atoms with van der Waals surface area (Å²) in [6, 6.07) is 0. The van der Waals surface area contributed by atoms with Gasteiger partial charge >= 0.3 is 0 Å². The molecule has 0 saturated heterocycles. The van der Waals surface area contributed by atoms with Gasteiger partial charge in [0.2, 0.25) is 0 Å². The quantitative estimate of drug-likeness (QED) is 0.473. The lowest BCUT2D eigenvalue weighted by Crippen LogP contribution is -2.26. The second-order valence-corrected chi connectivity index (χ2v) is 3.37. The van der Waals surface area contributed by atoms with Crippen LogP contribution in [0.4, 0.5) is 0 Å². The van der Waals surface area contributed by atoms with Gasteiger partial charge in [0.15, 0.2) is 0 Å². The second-order valence-electron chi connectivity index (χ2n) is 3.37. The minimum absolute atomic E-state index is 0.000880. The number of carbonyl (C=O) groups is 2. The standard InChI is InChI=1S/C10H14O2/c1-7(11)10(8(2)12)9-5-3-4-6-9/h3,5,9-10H,4,6H2,1-2H3/t9-/m1/s1. The Morgan fingerprint density at radius 3 is 2.25 bits per heavy atom. The topological polar surface area (TPSA) is 34.1 Å². The normalized spacial score (nSPS) is 21.8. The molecule has 0 bridgehead atoms. The zero-order valence-electron chi connectivity index (χ0n) is 7.54. The molecule has 0 unspecified atom stereocenters. The average Bonchev–Trinajstić information content (AvgIpc) is 2.37. The van der Waals surface area contributed by atoms with Crippen molar-refractivity contribution in [2.75, 3.05) is 0 Å². The summed E-state index contributed by atoms with van der Waals surface area (Å²) in [7, 11) is 0. The van der Waals surface area contributed by atoms with Crippen molar-refractivity contribution in [3.05, 3.63) is 12.2 Å². The van der Waals surface area contributed by atoms with E-state index in [0.717, 1.165) is 12.8 Å². The third-order valence-corrected chi connectivity index (χ3v) is 2.35. The molecule has 0 spiro atoms. The number of carbonyl (C=O) groups excluding carboxylic acids is 2. The van der Waals surface area contributed by atoms with Crippen LogP contribution in [0.1, 0.15) is 26.7 Å². The Morgan fingerprint density at radius 1 is 1.33 bits per heavy atom. The highest BCUT2D eigenvalue weighted by Crippen LogP contribution is 2.26. The summed E-state index contributed by atoms with van der Waals surface area (Å²) in [5, 5.41) is 0. The van der Waals surface area contributed by atoms with E-state index in [9.17, 15) is 9.59 Å². The zero-order chi connectivity index (χ0) is 9.14. The molecule has 1 aliphatic carbocycles. The lowest BCUT2D eigenvalue weighted by Gasteiger charge is -2.15. The Morgan fingerprint density at radius 2 is 1.92 bits per heavy atom. The van der Waals surface area contributed by atoms with Gasteiger partial charge in [-0.05, 0) is 32.6 Å². The smallest absolute Gasteiger partial charge is 0.140 e. The van der Waals surface area contributed by atoms with Crippen molar-refractivity contribution < 1.29 is 9.59 Å². The van der Waals surface area contributed by atoms with Crippen LogP contribution < -0.4 is 0 Å². The van der Waals surface area contributed by atoms with E-state index in [2.05, 4.69) is 0 Å². The molecular formula is C10H14O2. The molecule has 0 aliphatic heterocycles. The fraction of sp³-hybridized carbons (Fsp3) is 0.600. The maximum atomic E-state index is 11.1. The van der Waals surface area contributed by atoms with E-state index < -0.39 is 0 Å². The van der Waals surface area contributed by atoms with Crippen molar-refractivity contribution in [1.29, 1.82) is 0 Å². The Balaban J connectivity index is 2.71. The van der Waals surface area contributed by atoms with E-state index >= 15 is 0 Å². The molecule has 0 saturated carbocycles. The highest BCUT2D eigenvalue weighted by atomic mass is 16.1. The van der Waals surface area contributed by atoms with Gasteiger partial charge in [0, 0.05) is 0 Å². The van der Waals surface area contributed by atoms with Crippen LogP contribution in [0.25, 0.3) is 0 Å². The number of ketones is 2. The fourth-order valence-corrected chi connectivity index (χ4v) is 1.82. The minimum atomic E-state index is -0.385. The first-order chi connectivity index (χ1) is 5.63. The summed E-state index contributed by atoms with van der Waals surface area (Å²) in [6.45, 7) is 3.00. The van der Waals surface area contributed by atoms with E-state index in [1.807, 2.05) is 12.2 Å². The number of allylic oxidation sites excluding steroid dienone is 2. The highest BCUT2D eigenvalue weighted by Gasteiger charge is 2.28. The summed E-state index contributed by atoms with van der Waals surface area (Å²) in [6.07, 6.45) is 5.99. The molecule has 66 valence electrons. The van der Waals surface area contributed by atoms with Crippen molar-refractivity contribution in [1.82, 2.24) is 0 Å². The van der Waals surface area contributed by atoms with Gasteiger partial charge in [-0.1, -0.05) is 12.2 Å². The summed E-state index contributed by atoms with van der Waals surface area (Å²) < 4.78 is 0. The van der Waals surface area contributed by atoms with E-state index in [0.29, 0.717) is 0 Å². The molecule has 0 N–H and O–H groups in total. The maximum absolute atomic E-state index is 11.1. The number of rotatable bonds is 3. The molecular weight excluding hydrogens is 152 g/mol. The fourth-order valence-electron chi connectivity index (χ4n) is 1.82. The van der Waals surface area contributed by atoms with Gasteiger partial charge < -0.3 is 0 Å². The number of Topliss-reactive ketones (excluding diaryl/α,β-unsaturated/α-hetero) is 2. The number of hydrogen-bond acceptors (Lipinski definition) is 2. The average molecular weight is 166 g/mol. The maximum Gasteiger partial charge on any atom is 0.140 e. The van der Waals surface area contributed by atoms with E-state index in [1.54, 1.807) is 0 Å². The predicted octanol–water partition coefficient (Wildman–Crippen LogP) is 1.75. The molecule has 0 amide bonds. The summed E-state index contributed by atoms with van der Waals surface area (Å²) in [5.41, 5.74) is 0. The van der Waals surface area contributed by atoms with Crippen LogP contribution in [0.5, 0.6) is 0 Å². The Hall–Kier alpha value is -0.920. The molecule has 0 heterocycles. The van der Waals surface area contributed by atoms with Crippen LogP contribution in [-0.2, 0) is 9.59 Å². The van der Waals surface area contributed by atoms with Crippen LogP contribution in [0.2, 0.25) is 0 Å². The monoisotopic (exact) mass is 166 g/mol. The van der Waals surface area contributed by atoms with Gasteiger partial charge in [-0.2, -0.15) is 0 Å². The minimum Gasteiger partial charge on any atom is -0.299 e. The Labute approximate surface area is 72.7 Å². The molecule has 2 nitrogen and oxygen atoms in total. The SMILES string of the molecule is CC(=O)C(C(C)=O)[C@@H]1C=CCC1. The molecule has 0 aromatic heterocycles. The largest absolute Gasteiger partial charge is 0.299 e. The molecule has 0 aromatic carbocycles.